The normalized spacial score (nSPS) is 12.7. The topological polar surface area (TPSA) is 45.2 Å². The van der Waals surface area contributed by atoms with Crippen molar-refractivity contribution in [1.82, 2.24) is 4.98 Å². The summed E-state index contributed by atoms with van der Waals surface area (Å²) in [7, 11) is 0. The van der Waals surface area contributed by atoms with Crippen LogP contribution in [0.4, 0.5) is 11.4 Å². The fourth-order valence-electron chi connectivity index (χ4n) is 3.39. The lowest BCUT2D eigenvalue weighted by molar-refractivity contribution is 0.0984. The van der Waals surface area contributed by atoms with Crippen LogP contribution in [0.5, 0.6) is 0 Å². The van der Waals surface area contributed by atoms with E-state index in [0.29, 0.717) is 12.2 Å². The van der Waals surface area contributed by atoms with Gasteiger partial charge in [0.25, 0.3) is 5.91 Å². The Labute approximate surface area is 163 Å². The van der Waals surface area contributed by atoms with Gasteiger partial charge in [0.1, 0.15) is 5.69 Å². The Kier molecular flexibility index (Phi) is 5.07. The van der Waals surface area contributed by atoms with Gasteiger partial charge in [-0.15, -0.1) is 0 Å². The molecule has 4 rings (SSSR count). The second-order valence-corrected chi connectivity index (χ2v) is 7.01. The van der Waals surface area contributed by atoms with Crippen molar-refractivity contribution in [3.05, 3.63) is 88.7 Å². The fraction of sp³-hybridized carbons (Fsp3) is 0.182. The standard InChI is InChI=1S/C22H20ClN3O/c23-18-6-3-4-16(14-18)8-11-24-19-9-12-25-20(15-19)22(27)26-13-10-17-5-1-2-7-21(17)26/h1-7,9,12,14-15H,8,10-11,13H2,(H,24,25). The molecule has 2 heterocycles. The first-order valence-electron chi connectivity index (χ1n) is 9.05. The number of amides is 1. The van der Waals surface area contributed by atoms with Gasteiger partial charge in [0.2, 0.25) is 0 Å². The summed E-state index contributed by atoms with van der Waals surface area (Å²) in [6.07, 6.45) is 3.42. The number of hydrogen-bond acceptors (Lipinski definition) is 3. The molecular weight excluding hydrogens is 358 g/mol. The lowest BCUT2D eigenvalue weighted by Gasteiger charge is -2.17. The molecule has 0 saturated carbocycles. The van der Waals surface area contributed by atoms with Gasteiger partial charge in [0.15, 0.2) is 0 Å². The van der Waals surface area contributed by atoms with Crippen LogP contribution in [-0.4, -0.2) is 24.0 Å². The molecule has 0 bridgehead atoms. The molecule has 2 aromatic carbocycles. The van der Waals surface area contributed by atoms with Crippen molar-refractivity contribution >= 4 is 28.9 Å². The minimum Gasteiger partial charge on any atom is -0.385 e. The highest BCUT2D eigenvalue weighted by Gasteiger charge is 2.25. The van der Waals surface area contributed by atoms with E-state index >= 15 is 0 Å². The van der Waals surface area contributed by atoms with Crippen LogP contribution in [-0.2, 0) is 12.8 Å². The third-order valence-corrected chi connectivity index (χ3v) is 4.98. The quantitative estimate of drug-likeness (QED) is 0.707. The van der Waals surface area contributed by atoms with E-state index in [1.165, 1.54) is 11.1 Å². The zero-order valence-electron chi connectivity index (χ0n) is 14.9. The van der Waals surface area contributed by atoms with E-state index in [2.05, 4.69) is 22.4 Å². The number of nitrogens with zero attached hydrogens (tertiary/aromatic N) is 2. The van der Waals surface area contributed by atoms with Crippen LogP contribution in [0.3, 0.4) is 0 Å². The summed E-state index contributed by atoms with van der Waals surface area (Å²) in [5.74, 6) is -0.0570. The number of rotatable bonds is 5. The monoisotopic (exact) mass is 377 g/mol. The summed E-state index contributed by atoms with van der Waals surface area (Å²) in [6, 6.07) is 19.6. The van der Waals surface area contributed by atoms with Crippen molar-refractivity contribution in [2.75, 3.05) is 23.3 Å². The number of pyridine rings is 1. The Morgan fingerprint density at radius 2 is 2.00 bits per heavy atom. The first-order valence-corrected chi connectivity index (χ1v) is 9.43. The number of fused-ring (bicyclic) bond motifs is 1. The first kappa shape index (κ1) is 17.6. The summed E-state index contributed by atoms with van der Waals surface area (Å²) in [5.41, 5.74) is 4.72. The number of hydrogen-bond donors (Lipinski definition) is 1. The molecule has 0 unspecified atom stereocenters. The van der Waals surface area contributed by atoms with E-state index < -0.39 is 0 Å². The van der Waals surface area contributed by atoms with Gasteiger partial charge in [-0.05, 0) is 54.3 Å². The Morgan fingerprint density at radius 3 is 2.89 bits per heavy atom. The van der Waals surface area contributed by atoms with Crippen molar-refractivity contribution in [3.8, 4) is 0 Å². The molecule has 27 heavy (non-hydrogen) atoms. The number of halogens is 1. The second kappa shape index (κ2) is 7.80. The second-order valence-electron chi connectivity index (χ2n) is 6.57. The summed E-state index contributed by atoms with van der Waals surface area (Å²) in [4.78, 5) is 19.0. The van der Waals surface area contributed by atoms with Crippen LogP contribution >= 0.6 is 11.6 Å². The molecule has 0 aliphatic carbocycles. The summed E-state index contributed by atoms with van der Waals surface area (Å²) in [5, 5.41) is 4.11. The van der Waals surface area contributed by atoms with Gasteiger partial charge in [-0.25, -0.2) is 0 Å². The minimum absolute atomic E-state index is 0.0570. The number of anilines is 2. The molecule has 0 atom stereocenters. The molecule has 0 saturated heterocycles. The van der Waals surface area contributed by atoms with Gasteiger partial charge < -0.3 is 10.2 Å². The van der Waals surface area contributed by atoms with Crippen molar-refractivity contribution in [2.45, 2.75) is 12.8 Å². The highest BCUT2D eigenvalue weighted by molar-refractivity contribution is 6.30. The molecule has 5 heteroatoms. The lowest BCUT2D eigenvalue weighted by atomic mass is 10.1. The summed E-state index contributed by atoms with van der Waals surface area (Å²) >= 11 is 6.02. The van der Waals surface area contributed by atoms with Gasteiger partial charge in [0, 0.05) is 35.7 Å². The van der Waals surface area contributed by atoms with Gasteiger partial charge in [-0.3, -0.25) is 9.78 Å². The van der Waals surface area contributed by atoms with Gasteiger partial charge in [-0.1, -0.05) is 41.9 Å². The summed E-state index contributed by atoms with van der Waals surface area (Å²) < 4.78 is 0. The first-order chi connectivity index (χ1) is 13.2. The number of benzene rings is 2. The average molecular weight is 378 g/mol. The number of nitrogens with one attached hydrogen (secondary N) is 1. The highest BCUT2D eigenvalue weighted by Crippen LogP contribution is 2.28. The smallest absolute Gasteiger partial charge is 0.276 e. The molecule has 0 spiro atoms. The maximum Gasteiger partial charge on any atom is 0.276 e. The van der Waals surface area contributed by atoms with Gasteiger partial charge in [0.05, 0.1) is 0 Å². The molecule has 3 aromatic rings. The van der Waals surface area contributed by atoms with Crippen LogP contribution in [0, 0.1) is 0 Å². The van der Waals surface area contributed by atoms with Crippen molar-refractivity contribution in [2.24, 2.45) is 0 Å². The molecule has 1 amide bonds. The van der Waals surface area contributed by atoms with Crippen LogP contribution in [0.2, 0.25) is 5.02 Å². The molecule has 0 fully saturated rings. The van der Waals surface area contributed by atoms with E-state index in [1.807, 2.05) is 53.4 Å². The lowest BCUT2D eigenvalue weighted by Crippen LogP contribution is -2.29. The molecule has 0 radical (unpaired) electrons. The highest BCUT2D eigenvalue weighted by atomic mass is 35.5. The number of carbonyl (C=O) groups is 1. The van der Waals surface area contributed by atoms with Crippen molar-refractivity contribution < 1.29 is 4.79 Å². The van der Waals surface area contributed by atoms with Crippen molar-refractivity contribution in [1.29, 1.82) is 0 Å². The van der Waals surface area contributed by atoms with E-state index in [1.54, 1.807) is 6.20 Å². The fourth-order valence-corrected chi connectivity index (χ4v) is 3.60. The van der Waals surface area contributed by atoms with Crippen LogP contribution in [0.15, 0.2) is 66.9 Å². The Bertz CT molecular complexity index is 973. The molecule has 136 valence electrons. The molecular formula is C22H20ClN3O. The van der Waals surface area contributed by atoms with Crippen LogP contribution in [0.1, 0.15) is 21.6 Å². The van der Waals surface area contributed by atoms with Gasteiger partial charge >= 0.3 is 0 Å². The zero-order chi connectivity index (χ0) is 18.6. The average Bonchev–Trinajstić information content (AvgIpc) is 3.12. The minimum atomic E-state index is -0.0570. The Hall–Kier alpha value is -2.85. The summed E-state index contributed by atoms with van der Waals surface area (Å²) in [6.45, 7) is 1.46. The van der Waals surface area contributed by atoms with Crippen LogP contribution in [0.25, 0.3) is 0 Å². The SMILES string of the molecule is O=C(c1cc(NCCc2cccc(Cl)c2)ccn1)N1CCc2ccccc21. The predicted molar refractivity (Wildman–Crippen MR) is 110 cm³/mol. The Morgan fingerprint density at radius 1 is 1.11 bits per heavy atom. The molecule has 1 N–H and O–H groups in total. The third kappa shape index (κ3) is 3.96. The maximum atomic E-state index is 12.9. The van der Waals surface area contributed by atoms with E-state index in [9.17, 15) is 4.79 Å². The predicted octanol–water partition coefficient (Wildman–Crippen LogP) is 4.59. The van der Waals surface area contributed by atoms with E-state index in [-0.39, 0.29) is 5.91 Å². The molecule has 1 aliphatic rings. The van der Waals surface area contributed by atoms with Gasteiger partial charge in [-0.2, -0.15) is 0 Å². The van der Waals surface area contributed by atoms with E-state index in [4.69, 9.17) is 11.6 Å². The molecule has 1 aromatic heterocycles. The van der Waals surface area contributed by atoms with Crippen LogP contribution < -0.4 is 10.2 Å². The number of carbonyl (C=O) groups excluding carboxylic acids is 1. The third-order valence-electron chi connectivity index (χ3n) is 4.74. The zero-order valence-corrected chi connectivity index (χ0v) is 15.6. The largest absolute Gasteiger partial charge is 0.385 e. The number of para-hydroxylation sites is 1. The molecule has 4 nitrogen and oxygen atoms in total. The van der Waals surface area contributed by atoms with E-state index in [0.717, 1.165) is 35.8 Å². The number of aromatic nitrogens is 1. The molecule has 1 aliphatic heterocycles. The van der Waals surface area contributed by atoms with Crippen molar-refractivity contribution in [3.63, 3.8) is 0 Å². The Balaban J connectivity index is 1.42. The maximum absolute atomic E-state index is 12.9.